The zero-order chi connectivity index (χ0) is 18.8. The molecule has 4 heteroatoms. The van der Waals surface area contributed by atoms with Crippen LogP contribution in [0, 0.1) is 6.92 Å². The normalized spacial score (nSPS) is 11.7. The fourth-order valence-corrected chi connectivity index (χ4v) is 2.64. The molecule has 0 aromatic heterocycles. The molecule has 2 aromatic rings. The van der Waals surface area contributed by atoms with E-state index in [-0.39, 0.29) is 5.91 Å². The quantitative estimate of drug-likeness (QED) is 0.647. The highest BCUT2D eigenvalue weighted by Gasteiger charge is 2.17. The maximum atomic E-state index is 12.3. The zero-order valence-electron chi connectivity index (χ0n) is 16.0. The van der Waals surface area contributed by atoms with Gasteiger partial charge in [0.15, 0.2) is 6.10 Å². The highest BCUT2D eigenvalue weighted by Crippen LogP contribution is 2.15. The van der Waals surface area contributed by atoms with Crippen LogP contribution in [0.25, 0.3) is 0 Å². The van der Waals surface area contributed by atoms with Gasteiger partial charge in [0.1, 0.15) is 11.5 Å². The van der Waals surface area contributed by atoms with Gasteiger partial charge in [-0.1, -0.05) is 36.8 Å². The lowest BCUT2D eigenvalue weighted by Crippen LogP contribution is -2.38. The SMILES string of the molecule is CCOc1ccc(CCCNC(=O)[C@H](CC)Oc2ccc(C)cc2)cc1. The Balaban J connectivity index is 1.73. The molecule has 1 atom stereocenters. The van der Waals surface area contributed by atoms with Gasteiger partial charge in [-0.2, -0.15) is 0 Å². The maximum absolute atomic E-state index is 12.3. The number of hydrogen-bond acceptors (Lipinski definition) is 3. The van der Waals surface area contributed by atoms with E-state index in [9.17, 15) is 4.79 Å². The first-order valence-corrected chi connectivity index (χ1v) is 9.35. The molecule has 0 unspecified atom stereocenters. The molecule has 26 heavy (non-hydrogen) atoms. The van der Waals surface area contributed by atoms with Gasteiger partial charge in [-0.05, 0) is 62.9 Å². The van der Waals surface area contributed by atoms with E-state index >= 15 is 0 Å². The van der Waals surface area contributed by atoms with Crippen molar-refractivity contribution in [3.8, 4) is 11.5 Å². The molecule has 0 heterocycles. The van der Waals surface area contributed by atoms with E-state index in [2.05, 4.69) is 17.4 Å². The van der Waals surface area contributed by atoms with Gasteiger partial charge in [-0.3, -0.25) is 4.79 Å². The Morgan fingerprint density at radius 3 is 2.27 bits per heavy atom. The highest BCUT2D eigenvalue weighted by molar-refractivity contribution is 5.81. The minimum Gasteiger partial charge on any atom is -0.494 e. The van der Waals surface area contributed by atoms with E-state index in [4.69, 9.17) is 9.47 Å². The van der Waals surface area contributed by atoms with Crippen LogP contribution in [0.5, 0.6) is 11.5 Å². The highest BCUT2D eigenvalue weighted by atomic mass is 16.5. The lowest BCUT2D eigenvalue weighted by molar-refractivity contribution is -0.128. The van der Waals surface area contributed by atoms with Crippen molar-refractivity contribution in [3.63, 3.8) is 0 Å². The first-order chi connectivity index (χ1) is 12.6. The van der Waals surface area contributed by atoms with Crippen molar-refractivity contribution in [2.45, 2.75) is 46.1 Å². The van der Waals surface area contributed by atoms with Crippen LogP contribution in [0.1, 0.15) is 37.8 Å². The van der Waals surface area contributed by atoms with Crippen molar-refractivity contribution >= 4 is 5.91 Å². The maximum Gasteiger partial charge on any atom is 0.261 e. The fraction of sp³-hybridized carbons (Fsp3) is 0.409. The van der Waals surface area contributed by atoms with Gasteiger partial charge in [0.05, 0.1) is 6.61 Å². The van der Waals surface area contributed by atoms with Gasteiger partial charge in [0.2, 0.25) is 0 Å². The number of carbonyl (C=O) groups is 1. The molecule has 1 amide bonds. The number of ether oxygens (including phenoxy) is 2. The Hall–Kier alpha value is -2.49. The molecule has 2 aromatic carbocycles. The van der Waals surface area contributed by atoms with Crippen LogP contribution in [0.3, 0.4) is 0 Å². The van der Waals surface area contributed by atoms with Gasteiger partial charge in [-0.15, -0.1) is 0 Å². The molecule has 0 radical (unpaired) electrons. The monoisotopic (exact) mass is 355 g/mol. The molecule has 0 aliphatic rings. The summed E-state index contributed by atoms with van der Waals surface area (Å²) in [5.74, 6) is 1.57. The summed E-state index contributed by atoms with van der Waals surface area (Å²) in [6.07, 6.45) is 1.99. The van der Waals surface area contributed by atoms with Gasteiger partial charge >= 0.3 is 0 Å². The van der Waals surface area contributed by atoms with Crippen LogP contribution >= 0.6 is 0 Å². The number of hydrogen-bond donors (Lipinski definition) is 1. The van der Waals surface area contributed by atoms with Gasteiger partial charge in [0.25, 0.3) is 5.91 Å². The Bertz CT molecular complexity index is 665. The van der Waals surface area contributed by atoms with Crippen LogP contribution < -0.4 is 14.8 Å². The third-order valence-electron chi connectivity index (χ3n) is 4.14. The second-order valence-corrected chi connectivity index (χ2v) is 6.30. The molecular weight excluding hydrogens is 326 g/mol. The molecule has 0 aliphatic carbocycles. The Morgan fingerprint density at radius 2 is 1.65 bits per heavy atom. The van der Waals surface area contributed by atoms with Crippen LogP contribution in [0.15, 0.2) is 48.5 Å². The predicted molar refractivity (Wildman–Crippen MR) is 105 cm³/mol. The Morgan fingerprint density at radius 1 is 1.00 bits per heavy atom. The third kappa shape index (κ3) is 6.43. The number of carbonyl (C=O) groups excluding carboxylic acids is 1. The molecule has 4 nitrogen and oxygen atoms in total. The number of amides is 1. The number of nitrogens with one attached hydrogen (secondary N) is 1. The third-order valence-corrected chi connectivity index (χ3v) is 4.14. The topological polar surface area (TPSA) is 47.6 Å². The average Bonchev–Trinajstić information content (AvgIpc) is 2.66. The summed E-state index contributed by atoms with van der Waals surface area (Å²) in [5, 5.41) is 2.98. The van der Waals surface area contributed by atoms with Crippen molar-refractivity contribution in [3.05, 3.63) is 59.7 Å². The van der Waals surface area contributed by atoms with E-state index < -0.39 is 6.10 Å². The summed E-state index contributed by atoms with van der Waals surface area (Å²) >= 11 is 0. The standard InChI is InChI=1S/C22H29NO3/c1-4-21(26-20-12-8-17(3)9-13-20)22(24)23-16-6-7-18-10-14-19(15-11-18)25-5-2/h8-15,21H,4-7,16H2,1-3H3,(H,23,24)/t21-/m0/s1. The molecule has 2 rings (SSSR count). The van der Waals surface area contributed by atoms with Crippen molar-refractivity contribution in [1.82, 2.24) is 5.32 Å². The Kier molecular flexibility index (Phi) is 8.00. The summed E-state index contributed by atoms with van der Waals surface area (Å²) < 4.78 is 11.2. The molecule has 0 bridgehead atoms. The van der Waals surface area contributed by atoms with Crippen molar-refractivity contribution in [2.75, 3.05) is 13.2 Å². The second kappa shape index (κ2) is 10.5. The van der Waals surface area contributed by atoms with Crippen molar-refractivity contribution < 1.29 is 14.3 Å². The number of benzene rings is 2. The zero-order valence-corrected chi connectivity index (χ0v) is 16.0. The summed E-state index contributed by atoms with van der Waals surface area (Å²) in [5.41, 5.74) is 2.41. The predicted octanol–water partition coefficient (Wildman–Crippen LogP) is 4.30. The van der Waals surface area contributed by atoms with E-state index in [1.54, 1.807) is 0 Å². The van der Waals surface area contributed by atoms with Crippen LogP contribution in [-0.4, -0.2) is 25.2 Å². The summed E-state index contributed by atoms with van der Waals surface area (Å²) in [6, 6.07) is 15.9. The van der Waals surface area contributed by atoms with E-state index in [0.717, 1.165) is 24.3 Å². The fourth-order valence-electron chi connectivity index (χ4n) is 2.64. The number of aryl methyl sites for hydroxylation is 2. The summed E-state index contributed by atoms with van der Waals surface area (Å²) in [6.45, 7) is 7.27. The molecule has 140 valence electrons. The van der Waals surface area contributed by atoms with Crippen LogP contribution in [0.2, 0.25) is 0 Å². The van der Waals surface area contributed by atoms with Crippen LogP contribution in [-0.2, 0) is 11.2 Å². The average molecular weight is 355 g/mol. The molecule has 1 N–H and O–H groups in total. The minimum atomic E-state index is -0.455. The molecule has 0 fully saturated rings. The van der Waals surface area contributed by atoms with Gasteiger partial charge < -0.3 is 14.8 Å². The minimum absolute atomic E-state index is 0.0558. The molecule has 0 aliphatic heterocycles. The van der Waals surface area contributed by atoms with E-state index in [0.29, 0.717) is 19.6 Å². The summed E-state index contributed by atoms with van der Waals surface area (Å²) in [4.78, 5) is 12.3. The Labute approximate surface area is 156 Å². The smallest absolute Gasteiger partial charge is 0.261 e. The van der Waals surface area contributed by atoms with E-state index in [1.165, 1.54) is 11.1 Å². The van der Waals surface area contributed by atoms with Gasteiger partial charge in [0, 0.05) is 6.54 Å². The lowest BCUT2D eigenvalue weighted by atomic mass is 10.1. The molecule has 0 saturated heterocycles. The molecule has 0 saturated carbocycles. The van der Waals surface area contributed by atoms with Crippen LogP contribution in [0.4, 0.5) is 0 Å². The van der Waals surface area contributed by atoms with Crippen molar-refractivity contribution in [2.24, 2.45) is 0 Å². The molecule has 0 spiro atoms. The first kappa shape index (κ1) is 19.8. The van der Waals surface area contributed by atoms with Gasteiger partial charge in [-0.25, -0.2) is 0 Å². The van der Waals surface area contributed by atoms with Crippen molar-refractivity contribution in [1.29, 1.82) is 0 Å². The first-order valence-electron chi connectivity index (χ1n) is 9.35. The molecular formula is C22H29NO3. The largest absolute Gasteiger partial charge is 0.494 e. The lowest BCUT2D eigenvalue weighted by Gasteiger charge is -2.17. The van der Waals surface area contributed by atoms with E-state index in [1.807, 2.05) is 57.2 Å². The second-order valence-electron chi connectivity index (χ2n) is 6.30. The number of rotatable bonds is 10. The summed E-state index contributed by atoms with van der Waals surface area (Å²) in [7, 11) is 0.